The van der Waals surface area contributed by atoms with E-state index < -0.39 is 0 Å². The van der Waals surface area contributed by atoms with Crippen LogP contribution in [0.4, 0.5) is 11.5 Å². The maximum atomic E-state index is 5.14. The first kappa shape index (κ1) is 19.1. The second-order valence-electron chi connectivity index (χ2n) is 8.82. The Hall–Kier alpha value is -3.56. The number of nitrogens with one attached hydrogen (secondary N) is 1. The fraction of sp³-hybridized carbons (Fsp3) is 0.455. The van der Waals surface area contributed by atoms with Gasteiger partial charge in [0.25, 0.3) is 0 Å². The number of hydrazone groups is 1. The topological polar surface area (TPSA) is 100 Å². The summed E-state index contributed by atoms with van der Waals surface area (Å²) in [4.78, 5) is 27.4. The molecular weight excluding hydrogens is 404 g/mol. The molecule has 6 rings (SSSR count). The van der Waals surface area contributed by atoms with Crippen molar-refractivity contribution in [2.45, 2.75) is 64.2 Å². The van der Waals surface area contributed by atoms with Gasteiger partial charge in [-0.15, -0.1) is 0 Å². The third-order valence-electron chi connectivity index (χ3n) is 7.01. The van der Waals surface area contributed by atoms with Crippen molar-refractivity contribution in [2.24, 2.45) is 5.10 Å². The molecule has 32 heavy (non-hydrogen) atoms. The van der Waals surface area contributed by atoms with Crippen LogP contribution in [-0.2, 0) is 0 Å². The molecule has 164 valence electrons. The van der Waals surface area contributed by atoms with Crippen LogP contribution in [0.5, 0.6) is 0 Å². The Morgan fingerprint density at radius 1 is 1.16 bits per heavy atom. The fourth-order valence-corrected chi connectivity index (χ4v) is 4.96. The molecule has 1 fully saturated rings. The van der Waals surface area contributed by atoms with Gasteiger partial charge in [0.2, 0.25) is 5.95 Å². The maximum absolute atomic E-state index is 5.14. The molecule has 1 unspecified atom stereocenters. The number of aromatic nitrogens is 6. The van der Waals surface area contributed by atoms with E-state index in [1.165, 1.54) is 25.6 Å². The molecule has 0 bridgehead atoms. The summed E-state index contributed by atoms with van der Waals surface area (Å²) in [7, 11) is 0. The predicted molar refractivity (Wildman–Crippen MR) is 122 cm³/mol. The van der Waals surface area contributed by atoms with Crippen molar-refractivity contribution in [3.8, 4) is 17.3 Å². The highest BCUT2D eigenvalue weighted by Gasteiger charge is 2.52. The molecule has 0 amide bonds. The van der Waals surface area contributed by atoms with E-state index in [1.807, 2.05) is 17.0 Å². The van der Waals surface area contributed by atoms with Crippen molar-refractivity contribution >= 4 is 17.3 Å². The lowest BCUT2D eigenvalue weighted by Crippen LogP contribution is -2.66. The first-order chi connectivity index (χ1) is 15.6. The number of nitrogens with zero attached hydrogens (tertiary/aromatic N) is 9. The average molecular weight is 431 g/mol. The Labute approximate surface area is 186 Å². The van der Waals surface area contributed by atoms with Gasteiger partial charge < -0.3 is 4.90 Å². The Bertz CT molecular complexity index is 1180. The van der Waals surface area contributed by atoms with E-state index in [4.69, 9.17) is 15.1 Å². The minimum Gasteiger partial charge on any atom is -0.339 e. The summed E-state index contributed by atoms with van der Waals surface area (Å²) in [5.41, 5.74) is 4.83. The van der Waals surface area contributed by atoms with E-state index in [9.17, 15) is 0 Å². The summed E-state index contributed by atoms with van der Waals surface area (Å²) >= 11 is 0. The van der Waals surface area contributed by atoms with Crippen LogP contribution in [-0.4, -0.2) is 53.1 Å². The van der Waals surface area contributed by atoms with E-state index >= 15 is 0 Å². The molecule has 3 aromatic heterocycles. The van der Waals surface area contributed by atoms with Crippen LogP contribution in [0.2, 0.25) is 0 Å². The highest BCUT2D eigenvalue weighted by Crippen LogP contribution is 2.47. The minimum absolute atomic E-state index is 0.0536. The predicted octanol–water partition coefficient (Wildman–Crippen LogP) is 2.73. The molecule has 5 heterocycles. The first-order valence-electron chi connectivity index (χ1n) is 11.2. The smallest absolute Gasteiger partial charge is 0.237 e. The molecule has 1 aliphatic carbocycles. The normalized spacial score (nSPS) is 24.5. The average Bonchev–Trinajstić information content (AvgIpc) is 3.43. The zero-order chi connectivity index (χ0) is 21.9. The van der Waals surface area contributed by atoms with E-state index in [-0.39, 0.29) is 11.7 Å². The Balaban J connectivity index is 1.53. The van der Waals surface area contributed by atoms with E-state index in [2.05, 4.69) is 50.9 Å². The Morgan fingerprint density at radius 2 is 1.97 bits per heavy atom. The zero-order valence-corrected chi connectivity index (χ0v) is 18.5. The second-order valence-corrected chi connectivity index (χ2v) is 8.82. The third-order valence-corrected chi connectivity index (χ3v) is 7.01. The number of imidazole rings is 1. The Kier molecular flexibility index (Phi) is 4.17. The van der Waals surface area contributed by atoms with E-state index in [0.717, 1.165) is 29.3 Å². The van der Waals surface area contributed by atoms with E-state index in [0.29, 0.717) is 17.8 Å². The number of amidine groups is 1. The molecular formula is C22H26N10. The molecule has 2 aliphatic heterocycles. The lowest BCUT2D eigenvalue weighted by Gasteiger charge is -2.54. The van der Waals surface area contributed by atoms with Gasteiger partial charge in [0, 0.05) is 30.8 Å². The lowest BCUT2D eigenvalue weighted by molar-refractivity contribution is 0.330. The standard InChI is InChI=1S/C22H26N10/c1-4-22(3)20-29-28-14(2)31(20)17-12-26-21(27-19(17)32(22)16-6-5-7-16)30-9-8-25-18(30)15-10-23-13-24-11-15/h8-14,16,28H,4-7H2,1-3H3/t14?,22-/m1/s1. The molecule has 0 spiro atoms. The number of hydrogen-bond acceptors (Lipinski definition) is 9. The minimum atomic E-state index is -0.244. The Morgan fingerprint density at radius 3 is 2.69 bits per heavy atom. The van der Waals surface area contributed by atoms with Crippen molar-refractivity contribution < 1.29 is 0 Å². The van der Waals surface area contributed by atoms with Crippen LogP contribution < -0.4 is 15.2 Å². The maximum Gasteiger partial charge on any atom is 0.237 e. The molecule has 10 heteroatoms. The van der Waals surface area contributed by atoms with Gasteiger partial charge >= 0.3 is 0 Å². The van der Waals surface area contributed by atoms with Crippen LogP contribution in [0.15, 0.2) is 42.4 Å². The van der Waals surface area contributed by atoms with Crippen LogP contribution in [0.3, 0.4) is 0 Å². The molecule has 0 aromatic carbocycles. The summed E-state index contributed by atoms with van der Waals surface area (Å²) in [5.74, 6) is 3.31. The van der Waals surface area contributed by atoms with Crippen molar-refractivity contribution in [3.63, 3.8) is 0 Å². The van der Waals surface area contributed by atoms with Gasteiger partial charge in [-0.2, -0.15) is 10.1 Å². The van der Waals surface area contributed by atoms with Crippen molar-refractivity contribution in [3.05, 3.63) is 37.3 Å². The van der Waals surface area contributed by atoms with Crippen molar-refractivity contribution in [2.75, 3.05) is 9.80 Å². The van der Waals surface area contributed by atoms with Gasteiger partial charge in [-0.3, -0.25) is 14.9 Å². The first-order valence-corrected chi connectivity index (χ1v) is 11.2. The van der Waals surface area contributed by atoms with Crippen molar-refractivity contribution in [1.82, 2.24) is 34.9 Å². The monoisotopic (exact) mass is 430 g/mol. The fourth-order valence-electron chi connectivity index (χ4n) is 4.96. The summed E-state index contributed by atoms with van der Waals surface area (Å²) in [6.07, 6.45) is 15.1. The van der Waals surface area contributed by atoms with Crippen LogP contribution in [0.1, 0.15) is 46.5 Å². The SMILES string of the molecule is CC[C@]1(C)C2=NNC(C)N2c2cnc(-n3ccnc3-c3cncnc3)nc2N1C1CCC1. The van der Waals surface area contributed by atoms with Gasteiger partial charge in [0.1, 0.15) is 24.0 Å². The molecule has 1 N–H and O–H groups in total. The molecule has 10 nitrogen and oxygen atoms in total. The molecule has 1 saturated carbocycles. The lowest BCUT2D eigenvalue weighted by atomic mass is 9.82. The van der Waals surface area contributed by atoms with Gasteiger partial charge in [0.05, 0.1) is 17.3 Å². The van der Waals surface area contributed by atoms with Crippen LogP contribution in [0, 0.1) is 0 Å². The summed E-state index contributed by atoms with van der Waals surface area (Å²) < 4.78 is 1.90. The third kappa shape index (κ3) is 2.58. The summed E-state index contributed by atoms with van der Waals surface area (Å²) in [6.45, 7) is 6.63. The van der Waals surface area contributed by atoms with Gasteiger partial charge in [-0.1, -0.05) is 6.92 Å². The van der Waals surface area contributed by atoms with Gasteiger partial charge in [0.15, 0.2) is 11.7 Å². The van der Waals surface area contributed by atoms with E-state index in [1.54, 1.807) is 18.6 Å². The molecule has 3 aliphatic rings. The van der Waals surface area contributed by atoms with Crippen molar-refractivity contribution in [1.29, 1.82) is 0 Å². The highest BCUT2D eigenvalue weighted by atomic mass is 15.6. The zero-order valence-electron chi connectivity index (χ0n) is 18.5. The largest absolute Gasteiger partial charge is 0.339 e. The van der Waals surface area contributed by atoms with Crippen LogP contribution >= 0.6 is 0 Å². The highest BCUT2D eigenvalue weighted by molar-refractivity contribution is 6.12. The molecule has 3 aromatic rings. The van der Waals surface area contributed by atoms with Crippen LogP contribution in [0.25, 0.3) is 17.3 Å². The van der Waals surface area contributed by atoms with Gasteiger partial charge in [-0.25, -0.2) is 19.9 Å². The molecule has 2 atom stereocenters. The molecule has 0 saturated heterocycles. The summed E-state index contributed by atoms with van der Waals surface area (Å²) in [6, 6.07) is 0.451. The number of anilines is 2. The quantitative estimate of drug-likeness (QED) is 0.674. The second kappa shape index (κ2) is 6.98. The number of rotatable bonds is 4. The van der Waals surface area contributed by atoms with Gasteiger partial charge in [-0.05, 0) is 39.5 Å². The number of fused-ring (bicyclic) bond motifs is 3. The number of hydrogen-bond donors (Lipinski definition) is 1. The summed E-state index contributed by atoms with van der Waals surface area (Å²) in [5, 5.41) is 4.75. The molecule has 0 radical (unpaired) electrons.